The van der Waals surface area contributed by atoms with Gasteiger partial charge in [0.15, 0.2) is 11.4 Å². The number of hydrogen-bond acceptors (Lipinski definition) is 4. The van der Waals surface area contributed by atoms with Gasteiger partial charge in [0.2, 0.25) is 0 Å². The molecule has 2 aromatic rings. The van der Waals surface area contributed by atoms with E-state index in [1.54, 1.807) is 18.2 Å². The van der Waals surface area contributed by atoms with Crippen LogP contribution in [-0.4, -0.2) is 33.1 Å². The Morgan fingerprint density at radius 1 is 1.25 bits per heavy atom. The highest BCUT2D eigenvalue weighted by molar-refractivity contribution is 9.10. The number of alkyl halides is 3. The zero-order valence-electron chi connectivity index (χ0n) is 14.4. The van der Waals surface area contributed by atoms with Crippen molar-refractivity contribution < 1.29 is 23.1 Å². The van der Waals surface area contributed by atoms with Gasteiger partial charge >= 0.3 is 6.18 Å². The molecule has 0 spiro atoms. The van der Waals surface area contributed by atoms with Gasteiger partial charge in [-0.05, 0) is 40.9 Å². The normalized spacial score (nSPS) is 20.1. The molecule has 0 saturated heterocycles. The molecule has 1 aromatic carbocycles. The molecule has 1 aliphatic rings. The van der Waals surface area contributed by atoms with E-state index in [2.05, 4.69) is 31.2 Å². The van der Waals surface area contributed by atoms with Gasteiger partial charge in [-0.25, -0.2) is 9.97 Å². The highest BCUT2D eigenvalue weighted by Crippen LogP contribution is 2.35. The van der Waals surface area contributed by atoms with Crippen molar-refractivity contribution in [3.63, 3.8) is 0 Å². The van der Waals surface area contributed by atoms with Gasteiger partial charge in [-0.2, -0.15) is 13.2 Å². The number of nitrogens with one attached hydrogen (secondary N) is 1. The summed E-state index contributed by atoms with van der Waals surface area (Å²) in [6.45, 7) is 0. The number of halogens is 5. The van der Waals surface area contributed by atoms with Crippen LogP contribution in [0, 0.1) is 0 Å². The second-order valence-electron chi connectivity index (χ2n) is 6.50. The Balaban J connectivity index is 2.04. The minimum absolute atomic E-state index is 0.0600. The van der Waals surface area contributed by atoms with Crippen molar-refractivity contribution in [2.75, 3.05) is 0 Å². The standard InChI is InChI=1S/C18H16BrClF3N3O2/c19-16-13(9-4-3-5-10(20)8-9)25-14(15(26-16)18(21,22)23)17(28)24-11-6-1-2-7-12(11)27/h3-5,8,11-12,27H,1-2,6-7H2,(H,24,28)/t11-,12-/m1/s1. The molecule has 5 nitrogen and oxygen atoms in total. The van der Waals surface area contributed by atoms with Crippen LogP contribution in [0.2, 0.25) is 5.02 Å². The molecule has 1 fully saturated rings. The molecule has 1 aliphatic carbocycles. The van der Waals surface area contributed by atoms with Crippen molar-refractivity contribution in [3.8, 4) is 11.3 Å². The first-order valence-electron chi connectivity index (χ1n) is 8.56. The third kappa shape index (κ3) is 4.64. The van der Waals surface area contributed by atoms with Crippen LogP contribution in [0.3, 0.4) is 0 Å². The van der Waals surface area contributed by atoms with Crippen molar-refractivity contribution in [2.24, 2.45) is 0 Å². The molecule has 150 valence electrons. The van der Waals surface area contributed by atoms with Gasteiger partial charge in [-0.1, -0.05) is 36.6 Å². The van der Waals surface area contributed by atoms with E-state index < -0.39 is 35.6 Å². The highest BCUT2D eigenvalue weighted by Gasteiger charge is 2.40. The van der Waals surface area contributed by atoms with E-state index >= 15 is 0 Å². The third-order valence-electron chi connectivity index (χ3n) is 4.48. The number of carbonyl (C=O) groups excluding carboxylic acids is 1. The topological polar surface area (TPSA) is 75.1 Å². The summed E-state index contributed by atoms with van der Waals surface area (Å²) in [7, 11) is 0. The number of aliphatic hydroxyl groups is 1. The Bertz CT molecular complexity index is 895. The predicted molar refractivity (Wildman–Crippen MR) is 101 cm³/mol. The van der Waals surface area contributed by atoms with Crippen molar-refractivity contribution in [3.05, 3.63) is 45.3 Å². The summed E-state index contributed by atoms with van der Waals surface area (Å²) >= 11 is 8.95. The Morgan fingerprint density at radius 3 is 2.61 bits per heavy atom. The van der Waals surface area contributed by atoms with E-state index in [0.717, 1.165) is 12.8 Å². The highest BCUT2D eigenvalue weighted by atomic mass is 79.9. The van der Waals surface area contributed by atoms with Gasteiger partial charge in [0.1, 0.15) is 10.3 Å². The molecular weight excluding hydrogens is 463 g/mol. The number of carbonyl (C=O) groups is 1. The Labute approximate surface area is 172 Å². The Hall–Kier alpha value is -1.71. The molecular formula is C18H16BrClF3N3O2. The lowest BCUT2D eigenvalue weighted by atomic mass is 9.92. The van der Waals surface area contributed by atoms with E-state index in [0.29, 0.717) is 23.4 Å². The van der Waals surface area contributed by atoms with Crippen LogP contribution < -0.4 is 5.32 Å². The summed E-state index contributed by atoms with van der Waals surface area (Å²) in [5.74, 6) is -1.03. The van der Waals surface area contributed by atoms with Crippen LogP contribution in [0.4, 0.5) is 13.2 Å². The van der Waals surface area contributed by atoms with Gasteiger partial charge in [-0.15, -0.1) is 0 Å². The minimum atomic E-state index is -4.87. The number of hydrogen-bond donors (Lipinski definition) is 2. The van der Waals surface area contributed by atoms with E-state index in [1.807, 2.05) is 0 Å². The molecule has 3 rings (SSSR count). The molecule has 28 heavy (non-hydrogen) atoms. The number of amides is 1. The summed E-state index contributed by atoms with van der Waals surface area (Å²) in [5.41, 5.74) is -1.77. The summed E-state index contributed by atoms with van der Waals surface area (Å²) in [6, 6.07) is 5.70. The molecule has 1 saturated carbocycles. The first-order valence-corrected chi connectivity index (χ1v) is 9.73. The van der Waals surface area contributed by atoms with Crippen LogP contribution in [-0.2, 0) is 6.18 Å². The molecule has 2 atom stereocenters. The molecule has 1 aromatic heterocycles. The van der Waals surface area contributed by atoms with Crippen molar-refractivity contribution in [1.82, 2.24) is 15.3 Å². The first-order chi connectivity index (χ1) is 13.2. The van der Waals surface area contributed by atoms with Crippen molar-refractivity contribution in [1.29, 1.82) is 0 Å². The van der Waals surface area contributed by atoms with E-state index in [-0.39, 0.29) is 10.3 Å². The Morgan fingerprint density at radius 2 is 1.96 bits per heavy atom. The lowest BCUT2D eigenvalue weighted by molar-refractivity contribution is -0.141. The van der Waals surface area contributed by atoms with Crippen molar-refractivity contribution in [2.45, 2.75) is 44.0 Å². The largest absolute Gasteiger partial charge is 0.435 e. The molecule has 0 unspecified atom stereocenters. The molecule has 10 heteroatoms. The third-order valence-corrected chi connectivity index (χ3v) is 5.27. The summed E-state index contributed by atoms with van der Waals surface area (Å²) in [5, 5.41) is 12.8. The fraction of sp³-hybridized carbons (Fsp3) is 0.389. The summed E-state index contributed by atoms with van der Waals surface area (Å²) in [4.78, 5) is 20.1. The first kappa shape index (κ1) is 21.0. The van der Waals surface area contributed by atoms with Gasteiger partial charge in [0.05, 0.1) is 12.1 Å². The number of nitrogens with zero attached hydrogens (tertiary/aromatic N) is 2. The van der Waals surface area contributed by atoms with Crippen molar-refractivity contribution >= 4 is 33.4 Å². The maximum atomic E-state index is 13.5. The minimum Gasteiger partial charge on any atom is -0.391 e. The second-order valence-corrected chi connectivity index (χ2v) is 7.69. The molecule has 0 aliphatic heterocycles. The van der Waals surface area contributed by atoms with E-state index in [9.17, 15) is 23.1 Å². The second kappa shape index (κ2) is 8.34. The lowest BCUT2D eigenvalue weighted by Gasteiger charge is -2.28. The zero-order chi connectivity index (χ0) is 20.5. The van der Waals surface area contributed by atoms with Gasteiger partial charge < -0.3 is 10.4 Å². The number of aromatic nitrogens is 2. The predicted octanol–water partition coefficient (Wildman–Crippen LogP) is 4.61. The van der Waals surface area contributed by atoms with Crippen LogP contribution in [0.25, 0.3) is 11.3 Å². The quantitative estimate of drug-likeness (QED) is 0.675. The van der Waals surface area contributed by atoms with Crippen LogP contribution >= 0.6 is 27.5 Å². The molecule has 1 amide bonds. The van der Waals surface area contributed by atoms with E-state index in [1.165, 1.54) is 6.07 Å². The molecule has 0 radical (unpaired) electrons. The number of rotatable bonds is 3. The van der Waals surface area contributed by atoms with Crippen LogP contribution in [0.5, 0.6) is 0 Å². The van der Waals surface area contributed by atoms with Gasteiger partial charge in [-0.3, -0.25) is 4.79 Å². The fourth-order valence-electron chi connectivity index (χ4n) is 3.11. The monoisotopic (exact) mass is 477 g/mol. The summed E-state index contributed by atoms with van der Waals surface area (Å²) < 4.78 is 40.2. The lowest BCUT2D eigenvalue weighted by Crippen LogP contribution is -2.45. The van der Waals surface area contributed by atoms with Gasteiger partial charge in [0.25, 0.3) is 5.91 Å². The van der Waals surface area contributed by atoms with E-state index in [4.69, 9.17) is 11.6 Å². The fourth-order valence-corrected chi connectivity index (χ4v) is 3.79. The molecule has 2 N–H and O–H groups in total. The number of benzene rings is 1. The van der Waals surface area contributed by atoms with Crippen LogP contribution in [0.15, 0.2) is 28.9 Å². The smallest absolute Gasteiger partial charge is 0.391 e. The Kier molecular flexibility index (Phi) is 6.26. The average Bonchev–Trinajstić information content (AvgIpc) is 2.62. The molecule has 0 bridgehead atoms. The SMILES string of the molecule is O=C(N[C@@H]1CCCC[C@H]1O)c1nc(-c2cccc(Cl)c2)c(Br)nc1C(F)(F)F. The summed E-state index contributed by atoms with van der Waals surface area (Å²) in [6.07, 6.45) is -3.13. The zero-order valence-corrected chi connectivity index (χ0v) is 16.8. The average molecular weight is 479 g/mol. The van der Waals surface area contributed by atoms with Crippen LogP contribution in [0.1, 0.15) is 41.9 Å². The number of aliphatic hydroxyl groups excluding tert-OH is 1. The molecule has 1 heterocycles. The maximum absolute atomic E-state index is 13.5. The maximum Gasteiger partial charge on any atom is 0.435 e. The van der Waals surface area contributed by atoms with Gasteiger partial charge in [0, 0.05) is 10.6 Å².